The maximum absolute atomic E-state index is 10.6. The van der Waals surface area contributed by atoms with Crippen LogP contribution in [0.5, 0.6) is 0 Å². The minimum atomic E-state index is -1.00. The smallest absolute Gasteiger partial charge is 0.355 e. The number of rotatable bonds is 4. The second kappa shape index (κ2) is 4.06. The maximum atomic E-state index is 10.6. The lowest BCUT2D eigenvalue weighted by Crippen LogP contribution is -2.21. The van der Waals surface area contributed by atoms with Gasteiger partial charge in [0.15, 0.2) is 5.69 Å². The number of carboxylic acids is 1. The zero-order valence-electron chi connectivity index (χ0n) is 8.40. The van der Waals surface area contributed by atoms with Crippen LogP contribution in [0.3, 0.4) is 0 Å². The van der Waals surface area contributed by atoms with Crippen molar-refractivity contribution < 1.29 is 14.6 Å². The van der Waals surface area contributed by atoms with Crippen LogP contribution in [0.1, 0.15) is 36.3 Å². The third-order valence-electron chi connectivity index (χ3n) is 1.74. The van der Waals surface area contributed by atoms with Gasteiger partial charge in [-0.05, 0) is 20.8 Å². The Kier molecular flexibility index (Phi) is 3.23. The number of nitrogens with zero attached hydrogens (tertiary/aromatic N) is 1. The molecule has 0 bridgehead atoms. The van der Waals surface area contributed by atoms with E-state index in [1.807, 2.05) is 20.8 Å². The molecule has 0 saturated heterocycles. The van der Waals surface area contributed by atoms with Gasteiger partial charge in [-0.15, -0.1) is 11.3 Å². The van der Waals surface area contributed by atoms with E-state index in [2.05, 4.69) is 4.98 Å². The highest BCUT2D eigenvalue weighted by molar-refractivity contribution is 7.10. The molecule has 0 radical (unpaired) electrons. The fourth-order valence-electron chi connectivity index (χ4n) is 1.07. The highest BCUT2D eigenvalue weighted by Crippen LogP contribution is 2.27. The van der Waals surface area contributed by atoms with Gasteiger partial charge in [0.2, 0.25) is 0 Å². The molecule has 1 N–H and O–H groups in total. The predicted molar refractivity (Wildman–Crippen MR) is 53.7 cm³/mol. The van der Waals surface area contributed by atoms with Gasteiger partial charge in [0.1, 0.15) is 10.6 Å². The van der Waals surface area contributed by atoms with Gasteiger partial charge in [0, 0.05) is 12.0 Å². The van der Waals surface area contributed by atoms with Crippen molar-refractivity contribution in [3.63, 3.8) is 0 Å². The molecular formula is C9H13NO3S. The summed E-state index contributed by atoms with van der Waals surface area (Å²) in [4.78, 5) is 14.6. The van der Waals surface area contributed by atoms with Crippen molar-refractivity contribution in [1.82, 2.24) is 4.98 Å². The molecule has 0 aliphatic rings. The number of aromatic carboxylic acids is 1. The van der Waals surface area contributed by atoms with E-state index in [1.54, 1.807) is 0 Å². The number of thiazole rings is 1. The summed E-state index contributed by atoms with van der Waals surface area (Å²) in [5, 5.41) is 10.9. The number of carbonyl (C=O) groups is 1. The Hall–Kier alpha value is -0.940. The summed E-state index contributed by atoms with van der Waals surface area (Å²) >= 11 is 1.31. The molecule has 4 nitrogen and oxygen atoms in total. The van der Waals surface area contributed by atoms with E-state index in [9.17, 15) is 4.79 Å². The Morgan fingerprint density at radius 2 is 2.36 bits per heavy atom. The molecule has 0 atom stereocenters. The van der Waals surface area contributed by atoms with Gasteiger partial charge >= 0.3 is 5.97 Å². The lowest BCUT2D eigenvalue weighted by Gasteiger charge is -2.21. The molecule has 1 heterocycles. The van der Waals surface area contributed by atoms with Crippen molar-refractivity contribution in [2.24, 2.45) is 0 Å². The van der Waals surface area contributed by atoms with Crippen molar-refractivity contribution in [1.29, 1.82) is 0 Å². The first-order valence-corrected chi connectivity index (χ1v) is 5.18. The molecule has 0 aromatic carbocycles. The third-order valence-corrected chi connectivity index (χ3v) is 2.89. The van der Waals surface area contributed by atoms with E-state index in [-0.39, 0.29) is 5.69 Å². The highest BCUT2D eigenvalue weighted by atomic mass is 32.1. The quantitative estimate of drug-likeness (QED) is 0.835. The van der Waals surface area contributed by atoms with Gasteiger partial charge in [-0.2, -0.15) is 0 Å². The minimum Gasteiger partial charge on any atom is -0.476 e. The van der Waals surface area contributed by atoms with E-state index in [4.69, 9.17) is 9.84 Å². The minimum absolute atomic E-state index is 0.0813. The standard InChI is InChI=1S/C9H13NO3S/c1-4-13-9(2,3)8-10-6(5-14-8)7(11)12/h5H,4H2,1-3H3,(H,11,12). The van der Waals surface area contributed by atoms with Gasteiger partial charge in [-0.1, -0.05) is 0 Å². The Morgan fingerprint density at radius 1 is 1.71 bits per heavy atom. The number of ether oxygens (including phenoxy) is 1. The van der Waals surface area contributed by atoms with Crippen LogP contribution < -0.4 is 0 Å². The van der Waals surface area contributed by atoms with E-state index < -0.39 is 11.6 Å². The lowest BCUT2D eigenvalue weighted by molar-refractivity contribution is -0.0142. The molecular weight excluding hydrogens is 202 g/mol. The Morgan fingerprint density at radius 3 is 2.79 bits per heavy atom. The fourth-order valence-corrected chi connectivity index (χ4v) is 1.94. The molecule has 0 aliphatic heterocycles. The largest absolute Gasteiger partial charge is 0.476 e. The summed E-state index contributed by atoms with van der Waals surface area (Å²) in [6.45, 7) is 6.23. The first kappa shape index (κ1) is 11.1. The first-order chi connectivity index (χ1) is 6.47. The van der Waals surface area contributed by atoms with E-state index >= 15 is 0 Å². The van der Waals surface area contributed by atoms with Crippen molar-refractivity contribution >= 4 is 17.3 Å². The Balaban J connectivity index is 2.90. The van der Waals surface area contributed by atoms with Crippen LogP contribution in [-0.4, -0.2) is 22.7 Å². The Labute approximate surface area is 86.6 Å². The number of aromatic nitrogens is 1. The average molecular weight is 215 g/mol. The summed E-state index contributed by atoms with van der Waals surface area (Å²) in [6, 6.07) is 0. The van der Waals surface area contributed by atoms with Crippen molar-refractivity contribution in [2.45, 2.75) is 26.4 Å². The van der Waals surface area contributed by atoms with Crippen LogP contribution in [0.2, 0.25) is 0 Å². The molecule has 0 fully saturated rings. The van der Waals surface area contributed by atoms with Crippen LogP contribution in [0.15, 0.2) is 5.38 Å². The second-order valence-electron chi connectivity index (χ2n) is 3.29. The zero-order valence-corrected chi connectivity index (χ0v) is 9.22. The fraction of sp³-hybridized carbons (Fsp3) is 0.556. The van der Waals surface area contributed by atoms with Crippen LogP contribution in [0.25, 0.3) is 0 Å². The summed E-state index contributed by atoms with van der Waals surface area (Å²) in [7, 11) is 0. The van der Waals surface area contributed by atoms with Crippen molar-refractivity contribution in [3.8, 4) is 0 Å². The van der Waals surface area contributed by atoms with Gasteiger partial charge in [-0.3, -0.25) is 0 Å². The molecule has 5 heteroatoms. The number of hydrogen-bond donors (Lipinski definition) is 1. The van der Waals surface area contributed by atoms with E-state index in [0.717, 1.165) is 0 Å². The average Bonchev–Trinajstić information content (AvgIpc) is 2.51. The molecule has 0 unspecified atom stereocenters. The summed E-state index contributed by atoms with van der Waals surface area (Å²) in [5.74, 6) is -1.00. The molecule has 0 saturated carbocycles. The van der Waals surface area contributed by atoms with Crippen LogP contribution in [0.4, 0.5) is 0 Å². The summed E-state index contributed by atoms with van der Waals surface area (Å²) in [5.41, 5.74) is -0.426. The highest BCUT2D eigenvalue weighted by Gasteiger charge is 2.25. The van der Waals surface area contributed by atoms with E-state index in [1.165, 1.54) is 16.7 Å². The molecule has 0 spiro atoms. The molecule has 14 heavy (non-hydrogen) atoms. The normalized spacial score (nSPS) is 11.6. The van der Waals surface area contributed by atoms with Crippen LogP contribution in [-0.2, 0) is 10.3 Å². The first-order valence-electron chi connectivity index (χ1n) is 4.30. The van der Waals surface area contributed by atoms with Crippen molar-refractivity contribution in [2.75, 3.05) is 6.61 Å². The predicted octanol–water partition coefficient (Wildman–Crippen LogP) is 2.11. The lowest BCUT2D eigenvalue weighted by atomic mass is 10.1. The zero-order chi connectivity index (χ0) is 10.8. The summed E-state index contributed by atoms with van der Waals surface area (Å²) in [6.07, 6.45) is 0. The molecule has 1 aromatic rings. The topological polar surface area (TPSA) is 59.4 Å². The maximum Gasteiger partial charge on any atom is 0.355 e. The summed E-state index contributed by atoms with van der Waals surface area (Å²) < 4.78 is 5.46. The van der Waals surface area contributed by atoms with Gasteiger partial charge in [0.05, 0.1) is 0 Å². The third kappa shape index (κ3) is 2.30. The van der Waals surface area contributed by atoms with Gasteiger partial charge in [-0.25, -0.2) is 9.78 Å². The van der Waals surface area contributed by atoms with Crippen LogP contribution >= 0.6 is 11.3 Å². The van der Waals surface area contributed by atoms with Crippen molar-refractivity contribution in [3.05, 3.63) is 16.1 Å². The molecule has 0 amide bonds. The number of carboxylic acid groups (broad SMARTS) is 1. The molecule has 0 aliphatic carbocycles. The Bertz CT molecular complexity index is 333. The molecule has 78 valence electrons. The molecule has 1 rings (SSSR count). The number of hydrogen-bond acceptors (Lipinski definition) is 4. The second-order valence-corrected chi connectivity index (χ2v) is 4.14. The van der Waals surface area contributed by atoms with Gasteiger partial charge in [0.25, 0.3) is 0 Å². The monoisotopic (exact) mass is 215 g/mol. The van der Waals surface area contributed by atoms with Crippen LogP contribution in [0, 0.1) is 0 Å². The SMILES string of the molecule is CCOC(C)(C)c1nc(C(=O)O)cs1. The van der Waals surface area contributed by atoms with E-state index in [0.29, 0.717) is 11.6 Å². The molecule has 1 aromatic heterocycles. The van der Waals surface area contributed by atoms with Gasteiger partial charge < -0.3 is 9.84 Å².